The lowest BCUT2D eigenvalue weighted by molar-refractivity contribution is 0.601. The Morgan fingerprint density at radius 3 is 2.58 bits per heavy atom. The number of hydrogen-bond acceptors (Lipinski definition) is 5. The summed E-state index contributed by atoms with van der Waals surface area (Å²) in [5, 5.41) is 2.36. The molecule has 3 rings (SSSR count). The molecule has 5 nitrogen and oxygen atoms in total. The van der Waals surface area contributed by atoms with Crippen molar-refractivity contribution >= 4 is 55.2 Å². The first-order valence-electron chi connectivity index (χ1n) is 6.96. The van der Waals surface area contributed by atoms with Gasteiger partial charge in [-0.05, 0) is 63.9 Å². The Balaban J connectivity index is 1.92. The molecule has 8 heteroatoms. The number of halogens is 1. The Hall–Kier alpha value is -1.52. The minimum absolute atomic E-state index is 0.218. The molecule has 0 fully saturated rings. The van der Waals surface area contributed by atoms with E-state index < -0.39 is 13.6 Å². The number of alkyl halides is 1. The molecule has 1 atom stereocenters. The predicted octanol–water partition coefficient (Wildman–Crippen LogP) is 3.65. The van der Waals surface area contributed by atoms with E-state index in [-0.39, 0.29) is 4.90 Å². The van der Waals surface area contributed by atoms with Gasteiger partial charge < -0.3 is 5.73 Å². The molecule has 0 saturated heterocycles. The lowest BCUT2D eigenvalue weighted by Crippen LogP contribution is -2.21. The SMILES string of the molecule is NC1=N[C@](I)(c2cccc(NS(=O)(=O)c3ccccc3)c2)C=CS1. The normalized spacial score (nSPS) is 20.5. The molecule has 0 spiro atoms. The number of rotatable bonds is 4. The van der Waals surface area contributed by atoms with Crippen LogP contribution in [-0.4, -0.2) is 13.6 Å². The van der Waals surface area contributed by atoms with Crippen LogP contribution in [0.3, 0.4) is 0 Å². The van der Waals surface area contributed by atoms with Crippen LogP contribution < -0.4 is 10.5 Å². The number of sulfonamides is 1. The van der Waals surface area contributed by atoms with Crippen molar-refractivity contribution in [3.05, 3.63) is 71.6 Å². The first kappa shape index (κ1) is 17.3. The number of nitrogens with one attached hydrogen (secondary N) is 1. The van der Waals surface area contributed by atoms with Crippen LogP contribution in [0.4, 0.5) is 5.69 Å². The zero-order valence-electron chi connectivity index (χ0n) is 12.4. The van der Waals surface area contributed by atoms with Crippen molar-refractivity contribution in [2.45, 2.75) is 8.44 Å². The molecule has 1 aliphatic heterocycles. The molecule has 24 heavy (non-hydrogen) atoms. The molecule has 2 aromatic carbocycles. The van der Waals surface area contributed by atoms with Crippen LogP contribution in [0, 0.1) is 0 Å². The van der Waals surface area contributed by atoms with E-state index in [9.17, 15) is 8.42 Å². The largest absolute Gasteiger partial charge is 0.378 e. The van der Waals surface area contributed by atoms with Crippen molar-refractivity contribution in [3.8, 4) is 0 Å². The summed E-state index contributed by atoms with van der Waals surface area (Å²) in [6.45, 7) is 0. The number of anilines is 1. The van der Waals surface area contributed by atoms with Crippen LogP contribution >= 0.6 is 34.4 Å². The number of benzene rings is 2. The van der Waals surface area contributed by atoms with Crippen molar-refractivity contribution < 1.29 is 8.42 Å². The summed E-state index contributed by atoms with van der Waals surface area (Å²) in [6, 6.07) is 15.4. The van der Waals surface area contributed by atoms with Gasteiger partial charge in [0.2, 0.25) is 0 Å². The predicted molar refractivity (Wildman–Crippen MR) is 108 cm³/mol. The summed E-state index contributed by atoms with van der Waals surface area (Å²) in [4.78, 5) is 4.68. The summed E-state index contributed by atoms with van der Waals surface area (Å²) < 4.78 is 26.9. The summed E-state index contributed by atoms with van der Waals surface area (Å²) in [5.41, 5.74) is 7.13. The van der Waals surface area contributed by atoms with E-state index in [1.54, 1.807) is 48.5 Å². The summed E-state index contributed by atoms with van der Waals surface area (Å²) >= 11 is 3.55. The minimum Gasteiger partial charge on any atom is -0.378 e. The number of aliphatic imine (C=N–C) groups is 1. The second-order valence-electron chi connectivity index (χ2n) is 5.04. The Kier molecular flexibility index (Phi) is 4.88. The molecule has 0 saturated carbocycles. The summed E-state index contributed by atoms with van der Waals surface area (Å²) in [5.74, 6) is 0. The third-order valence-electron chi connectivity index (χ3n) is 3.32. The van der Waals surface area contributed by atoms with E-state index in [1.165, 1.54) is 11.8 Å². The topological polar surface area (TPSA) is 84.5 Å². The fourth-order valence-corrected chi connectivity index (χ4v) is 5.05. The standard InChI is InChI=1S/C16H14IN3O2S2/c17-16(9-10-23-15(18)19-16)12-5-4-6-13(11-12)20-24(21,22)14-7-2-1-3-8-14/h1-11,20H,(H2,18,19)/t16-/m0/s1. The maximum absolute atomic E-state index is 12.4. The minimum atomic E-state index is -3.63. The van der Waals surface area contributed by atoms with Crippen LogP contribution in [0.25, 0.3) is 0 Å². The van der Waals surface area contributed by atoms with E-state index in [1.807, 2.05) is 17.6 Å². The molecule has 0 aromatic heterocycles. The van der Waals surface area contributed by atoms with Crippen molar-refractivity contribution in [2.75, 3.05) is 4.72 Å². The van der Waals surface area contributed by atoms with Crippen LogP contribution in [-0.2, 0) is 13.6 Å². The number of nitrogens with two attached hydrogens (primary N) is 1. The number of hydrogen-bond donors (Lipinski definition) is 2. The van der Waals surface area contributed by atoms with Gasteiger partial charge in [-0.25, -0.2) is 13.4 Å². The van der Waals surface area contributed by atoms with Crippen LogP contribution in [0.5, 0.6) is 0 Å². The molecule has 0 unspecified atom stereocenters. The molecule has 2 aromatic rings. The fourth-order valence-electron chi connectivity index (χ4n) is 2.19. The summed E-state index contributed by atoms with van der Waals surface area (Å²) in [7, 11) is -3.63. The maximum atomic E-state index is 12.4. The molecule has 0 radical (unpaired) electrons. The third-order valence-corrected chi connectivity index (χ3v) is 6.55. The zero-order valence-corrected chi connectivity index (χ0v) is 16.2. The lowest BCUT2D eigenvalue weighted by Gasteiger charge is -2.23. The molecule has 0 bridgehead atoms. The lowest BCUT2D eigenvalue weighted by atomic mass is 10.1. The molecule has 1 aliphatic rings. The monoisotopic (exact) mass is 471 g/mol. The highest BCUT2D eigenvalue weighted by atomic mass is 127. The van der Waals surface area contributed by atoms with Gasteiger partial charge in [0.1, 0.15) is 0 Å². The zero-order chi connectivity index (χ0) is 17.2. The van der Waals surface area contributed by atoms with Crippen LogP contribution in [0.1, 0.15) is 5.56 Å². The highest BCUT2D eigenvalue weighted by Gasteiger charge is 2.28. The highest BCUT2D eigenvalue weighted by Crippen LogP contribution is 2.40. The average molecular weight is 471 g/mol. The highest BCUT2D eigenvalue weighted by molar-refractivity contribution is 14.1. The molecule has 124 valence electrons. The third kappa shape index (κ3) is 3.76. The van der Waals surface area contributed by atoms with Gasteiger partial charge in [-0.3, -0.25) is 4.72 Å². The van der Waals surface area contributed by atoms with Crippen LogP contribution in [0.2, 0.25) is 0 Å². The van der Waals surface area contributed by atoms with Gasteiger partial charge in [-0.1, -0.05) is 42.1 Å². The van der Waals surface area contributed by atoms with E-state index >= 15 is 0 Å². The van der Waals surface area contributed by atoms with Gasteiger partial charge in [0, 0.05) is 5.69 Å². The van der Waals surface area contributed by atoms with Crippen molar-refractivity contribution in [3.63, 3.8) is 0 Å². The van der Waals surface area contributed by atoms with Gasteiger partial charge >= 0.3 is 0 Å². The molecule has 3 N–H and O–H groups in total. The number of amidine groups is 1. The molecule has 0 amide bonds. The Morgan fingerprint density at radius 1 is 1.12 bits per heavy atom. The Labute approximate surface area is 158 Å². The molecular weight excluding hydrogens is 457 g/mol. The Morgan fingerprint density at radius 2 is 1.88 bits per heavy atom. The summed E-state index contributed by atoms with van der Waals surface area (Å²) in [6.07, 6.45) is 1.93. The van der Waals surface area contributed by atoms with Crippen LogP contribution in [0.15, 0.2) is 76.0 Å². The van der Waals surface area contributed by atoms with E-state index in [4.69, 9.17) is 5.73 Å². The quantitative estimate of drug-likeness (QED) is 0.405. The van der Waals surface area contributed by atoms with E-state index in [2.05, 4.69) is 32.3 Å². The second kappa shape index (κ2) is 6.77. The molecular formula is C16H14IN3O2S2. The average Bonchev–Trinajstić information content (AvgIpc) is 2.55. The van der Waals surface area contributed by atoms with Gasteiger partial charge in [0.05, 0.1) is 4.90 Å². The fraction of sp³-hybridized carbons (Fsp3) is 0.0625. The molecule has 0 aliphatic carbocycles. The number of nitrogens with zero attached hydrogens (tertiary/aromatic N) is 1. The van der Waals surface area contributed by atoms with Gasteiger partial charge in [0.25, 0.3) is 10.0 Å². The van der Waals surface area contributed by atoms with Gasteiger partial charge in [-0.2, -0.15) is 0 Å². The second-order valence-corrected chi connectivity index (χ2v) is 9.30. The maximum Gasteiger partial charge on any atom is 0.261 e. The first-order valence-corrected chi connectivity index (χ1v) is 10.4. The Bertz CT molecular complexity index is 914. The first-order chi connectivity index (χ1) is 11.4. The van der Waals surface area contributed by atoms with Crippen molar-refractivity contribution in [1.82, 2.24) is 0 Å². The van der Waals surface area contributed by atoms with Crippen molar-refractivity contribution in [2.24, 2.45) is 10.7 Å². The van der Waals surface area contributed by atoms with Crippen molar-refractivity contribution in [1.29, 1.82) is 0 Å². The smallest absolute Gasteiger partial charge is 0.261 e. The number of thioether (sulfide) groups is 1. The van der Waals surface area contributed by atoms with Gasteiger partial charge in [-0.15, -0.1) is 0 Å². The van der Waals surface area contributed by atoms with E-state index in [0.717, 1.165) is 5.56 Å². The molecule has 1 heterocycles. The van der Waals surface area contributed by atoms with E-state index in [0.29, 0.717) is 10.9 Å². The van der Waals surface area contributed by atoms with Gasteiger partial charge in [0.15, 0.2) is 8.71 Å².